The Morgan fingerprint density at radius 1 is 1.09 bits per heavy atom. The zero-order valence-electron chi connectivity index (χ0n) is 12.4. The van der Waals surface area contributed by atoms with Gasteiger partial charge in [0.05, 0.1) is 12.2 Å². The molecule has 0 aliphatic heterocycles. The highest BCUT2D eigenvalue weighted by atomic mass is 35.5. The lowest BCUT2D eigenvalue weighted by molar-refractivity contribution is 0.642. The van der Waals surface area contributed by atoms with Crippen molar-refractivity contribution in [2.75, 3.05) is 12.4 Å². The van der Waals surface area contributed by atoms with E-state index in [-0.39, 0.29) is 5.56 Å². The first kappa shape index (κ1) is 15.2. The van der Waals surface area contributed by atoms with Crippen LogP contribution in [0.2, 0.25) is 5.02 Å². The van der Waals surface area contributed by atoms with Crippen molar-refractivity contribution in [3.63, 3.8) is 0 Å². The zero-order valence-corrected chi connectivity index (χ0v) is 13.2. The van der Waals surface area contributed by atoms with Gasteiger partial charge in [-0.1, -0.05) is 23.7 Å². The van der Waals surface area contributed by atoms with Crippen molar-refractivity contribution >= 4 is 17.5 Å². The van der Waals surface area contributed by atoms with Gasteiger partial charge < -0.3 is 5.32 Å². The number of nitrogens with zero attached hydrogens (tertiary/aromatic N) is 4. The van der Waals surface area contributed by atoms with Gasteiger partial charge in [-0.05, 0) is 23.8 Å². The van der Waals surface area contributed by atoms with Gasteiger partial charge >= 0.3 is 0 Å². The highest BCUT2D eigenvalue weighted by Crippen LogP contribution is 2.14. The molecule has 0 amide bonds. The van der Waals surface area contributed by atoms with Gasteiger partial charge in [0.2, 0.25) is 5.95 Å². The standard InChI is InChI=1S/C16H14ClN5O/c1-18-16-19-8-12(9-20-16)14-6-7-15(23)22(21-14)10-11-2-4-13(17)5-3-11/h2-9H,10H2,1H3,(H,18,19,20). The van der Waals surface area contributed by atoms with Gasteiger partial charge in [-0.15, -0.1) is 0 Å². The van der Waals surface area contributed by atoms with E-state index < -0.39 is 0 Å². The third-order valence-corrected chi connectivity index (χ3v) is 3.54. The maximum atomic E-state index is 12.0. The molecule has 0 aliphatic carbocycles. The molecular formula is C16H14ClN5O. The number of aromatic nitrogens is 4. The molecule has 2 aromatic heterocycles. The van der Waals surface area contributed by atoms with Crippen LogP contribution in [0.15, 0.2) is 53.6 Å². The molecule has 0 atom stereocenters. The third kappa shape index (κ3) is 3.54. The maximum absolute atomic E-state index is 12.0. The molecule has 2 heterocycles. The minimum Gasteiger partial charge on any atom is -0.357 e. The topological polar surface area (TPSA) is 72.7 Å². The van der Waals surface area contributed by atoms with Crippen molar-refractivity contribution < 1.29 is 0 Å². The molecule has 0 unspecified atom stereocenters. The number of nitrogens with one attached hydrogen (secondary N) is 1. The van der Waals surface area contributed by atoms with Crippen LogP contribution in [-0.4, -0.2) is 26.8 Å². The molecule has 0 spiro atoms. The first-order valence-corrected chi connectivity index (χ1v) is 7.36. The fourth-order valence-corrected chi connectivity index (χ4v) is 2.19. The van der Waals surface area contributed by atoms with Crippen molar-refractivity contribution in [2.24, 2.45) is 0 Å². The molecule has 3 rings (SSSR count). The Bertz CT molecular complexity index is 859. The molecular weight excluding hydrogens is 314 g/mol. The van der Waals surface area contributed by atoms with Crippen molar-refractivity contribution in [2.45, 2.75) is 6.54 Å². The average molecular weight is 328 g/mol. The van der Waals surface area contributed by atoms with E-state index in [1.54, 1.807) is 37.6 Å². The van der Waals surface area contributed by atoms with Crippen LogP contribution < -0.4 is 10.9 Å². The van der Waals surface area contributed by atoms with Gasteiger partial charge in [0.15, 0.2) is 0 Å². The Balaban J connectivity index is 1.91. The normalized spacial score (nSPS) is 10.5. The van der Waals surface area contributed by atoms with Crippen LogP contribution in [0.3, 0.4) is 0 Å². The van der Waals surface area contributed by atoms with Gasteiger partial charge in [-0.3, -0.25) is 4.79 Å². The monoisotopic (exact) mass is 327 g/mol. The van der Waals surface area contributed by atoms with E-state index in [2.05, 4.69) is 20.4 Å². The van der Waals surface area contributed by atoms with Gasteiger partial charge in [0.25, 0.3) is 5.56 Å². The molecule has 116 valence electrons. The maximum Gasteiger partial charge on any atom is 0.267 e. The number of hydrogen-bond donors (Lipinski definition) is 1. The lowest BCUT2D eigenvalue weighted by Crippen LogP contribution is -2.22. The van der Waals surface area contributed by atoms with Crippen LogP contribution in [-0.2, 0) is 6.54 Å². The van der Waals surface area contributed by atoms with Crippen LogP contribution in [0.5, 0.6) is 0 Å². The lowest BCUT2D eigenvalue weighted by Gasteiger charge is -2.07. The average Bonchev–Trinajstić information content (AvgIpc) is 2.59. The number of halogens is 1. The molecule has 0 saturated carbocycles. The van der Waals surface area contributed by atoms with E-state index in [0.717, 1.165) is 11.1 Å². The second-order valence-corrected chi connectivity index (χ2v) is 5.32. The summed E-state index contributed by atoms with van der Waals surface area (Å²) < 4.78 is 1.41. The Kier molecular flexibility index (Phi) is 4.34. The Labute approximate surface area is 137 Å². The van der Waals surface area contributed by atoms with Crippen molar-refractivity contribution in [1.82, 2.24) is 19.7 Å². The molecule has 0 saturated heterocycles. The molecule has 0 fully saturated rings. The van der Waals surface area contributed by atoms with Crippen LogP contribution in [0.4, 0.5) is 5.95 Å². The minimum atomic E-state index is -0.170. The number of benzene rings is 1. The third-order valence-electron chi connectivity index (χ3n) is 3.28. The van der Waals surface area contributed by atoms with Gasteiger partial charge in [0, 0.05) is 36.1 Å². The van der Waals surface area contributed by atoms with Crippen molar-refractivity contribution in [3.8, 4) is 11.3 Å². The molecule has 1 N–H and O–H groups in total. The molecule has 7 heteroatoms. The van der Waals surface area contributed by atoms with E-state index in [1.165, 1.54) is 10.7 Å². The van der Waals surface area contributed by atoms with Gasteiger partial charge in [-0.25, -0.2) is 14.6 Å². The van der Waals surface area contributed by atoms with Crippen LogP contribution >= 0.6 is 11.6 Å². The van der Waals surface area contributed by atoms with Crippen LogP contribution in [0.1, 0.15) is 5.56 Å². The molecule has 1 aromatic carbocycles. The van der Waals surface area contributed by atoms with E-state index in [1.807, 2.05) is 12.1 Å². The first-order valence-electron chi connectivity index (χ1n) is 6.98. The van der Waals surface area contributed by atoms with Crippen molar-refractivity contribution in [3.05, 3.63) is 69.7 Å². The second-order valence-electron chi connectivity index (χ2n) is 4.89. The summed E-state index contributed by atoms with van der Waals surface area (Å²) >= 11 is 5.87. The summed E-state index contributed by atoms with van der Waals surface area (Å²) in [4.78, 5) is 20.3. The summed E-state index contributed by atoms with van der Waals surface area (Å²) in [5, 5.41) is 7.90. The minimum absolute atomic E-state index is 0.170. The van der Waals surface area contributed by atoms with Crippen LogP contribution in [0.25, 0.3) is 11.3 Å². The molecule has 0 radical (unpaired) electrons. The predicted octanol–water partition coefficient (Wildman–Crippen LogP) is 2.44. The summed E-state index contributed by atoms with van der Waals surface area (Å²) in [5.74, 6) is 0.531. The predicted molar refractivity (Wildman–Crippen MR) is 89.6 cm³/mol. The summed E-state index contributed by atoms with van der Waals surface area (Å²) in [6, 6.07) is 10.5. The van der Waals surface area contributed by atoms with Gasteiger partial charge in [-0.2, -0.15) is 5.10 Å². The fourth-order valence-electron chi connectivity index (χ4n) is 2.07. The van der Waals surface area contributed by atoms with Crippen LogP contribution in [0, 0.1) is 0 Å². The molecule has 0 bridgehead atoms. The fraction of sp³-hybridized carbons (Fsp3) is 0.125. The highest BCUT2D eigenvalue weighted by molar-refractivity contribution is 6.30. The number of rotatable bonds is 4. The van der Waals surface area contributed by atoms with Crippen molar-refractivity contribution in [1.29, 1.82) is 0 Å². The quantitative estimate of drug-likeness (QED) is 0.796. The summed E-state index contributed by atoms with van der Waals surface area (Å²) in [6.45, 7) is 0.374. The summed E-state index contributed by atoms with van der Waals surface area (Å²) in [5.41, 5.74) is 2.16. The molecule has 6 nitrogen and oxygen atoms in total. The van der Waals surface area contributed by atoms with Gasteiger partial charge in [0.1, 0.15) is 0 Å². The molecule has 0 aliphatic rings. The van der Waals surface area contributed by atoms with E-state index in [4.69, 9.17) is 11.6 Å². The first-order chi connectivity index (χ1) is 11.2. The summed E-state index contributed by atoms with van der Waals surface area (Å²) in [7, 11) is 1.75. The van der Waals surface area contributed by atoms with E-state index in [9.17, 15) is 4.79 Å². The Morgan fingerprint density at radius 3 is 2.43 bits per heavy atom. The SMILES string of the molecule is CNc1ncc(-c2ccc(=O)n(Cc3ccc(Cl)cc3)n2)cn1. The Morgan fingerprint density at radius 2 is 1.78 bits per heavy atom. The smallest absolute Gasteiger partial charge is 0.267 e. The molecule has 3 aromatic rings. The van der Waals surface area contributed by atoms with E-state index >= 15 is 0 Å². The summed E-state index contributed by atoms with van der Waals surface area (Å²) in [6.07, 6.45) is 3.33. The number of hydrogen-bond acceptors (Lipinski definition) is 5. The molecule has 23 heavy (non-hydrogen) atoms. The lowest BCUT2D eigenvalue weighted by atomic mass is 10.2. The highest BCUT2D eigenvalue weighted by Gasteiger charge is 2.06. The van der Waals surface area contributed by atoms with E-state index in [0.29, 0.717) is 23.2 Å². The second kappa shape index (κ2) is 6.58. The number of anilines is 1. The Hall–Kier alpha value is -2.73. The zero-order chi connectivity index (χ0) is 16.2. The largest absolute Gasteiger partial charge is 0.357 e.